The molecule has 0 radical (unpaired) electrons. The number of rotatable bonds is 7. The van der Waals surface area contributed by atoms with E-state index in [-0.39, 0.29) is 28.9 Å². The number of fused-ring (bicyclic) bond motifs is 1. The molecule has 2 saturated heterocycles. The van der Waals surface area contributed by atoms with Crippen LogP contribution in [0.5, 0.6) is 5.75 Å². The molecule has 2 aliphatic rings. The van der Waals surface area contributed by atoms with Gasteiger partial charge >= 0.3 is 5.97 Å². The lowest BCUT2D eigenvalue weighted by atomic mass is 10.2. The first-order valence-corrected chi connectivity index (χ1v) is 11.4. The molecule has 0 bridgehead atoms. The molecular weight excluding hydrogens is 404 g/mol. The van der Waals surface area contributed by atoms with Gasteiger partial charge in [0.1, 0.15) is 25.0 Å². The molecule has 3 rings (SSSR count). The van der Waals surface area contributed by atoms with Crippen molar-refractivity contribution in [3.8, 4) is 5.75 Å². The number of carbonyl (C=O) groups excluding carboxylic acids is 2. The topological polar surface area (TPSA) is 93.2 Å². The number of sulfonamides is 1. The van der Waals surface area contributed by atoms with Gasteiger partial charge in [0.15, 0.2) is 0 Å². The van der Waals surface area contributed by atoms with Gasteiger partial charge in [-0.05, 0) is 37.6 Å². The van der Waals surface area contributed by atoms with Crippen molar-refractivity contribution in [2.45, 2.75) is 35.6 Å². The van der Waals surface area contributed by atoms with Crippen LogP contribution in [0.4, 0.5) is 0 Å². The minimum Gasteiger partial charge on any atom is -0.490 e. The summed E-state index contributed by atoms with van der Waals surface area (Å²) >= 11 is 1.62. The number of ether oxygens (including phenoxy) is 2. The number of amides is 1. The molecule has 0 spiro atoms. The Hall–Kier alpha value is -1.78. The Morgan fingerprint density at radius 1 is 1.29 bits per heavy atom. The van der Waals surface area contributed by atoms with Gasteiger partial charge in [-0.2, -0.15) is 0 Å². The summed E-state index contributed by atoms with van der Waals surface area (Å²) in [6.07, 6.45) is 1.22. The van der Waals surface area contributed by atoms with Crippen LogP contribution in [0.1, 0.15) is 19.8 Å². The third-order valence-electron chi connectivity index (χ3n) is 4.92. The Morgan fingerprint density at radius 2 is 1.96 bits per heavy atom. The average molecular weight is 429 g/mol. The highest BCUT2D eigenvalue weighted by molar-refractivity contribution is 8.01. The molecule has 2 heterocycles. The van der Waals surface area contributed by atoms with Crippen LogP contribution in [0.2, 0.25) is 0 Å². The Morgan fingerprint density at radius 3 is 2.61 bits per heavy atom. The lowest BCUT2D eigenvalue weighted by Crippen LogP contribution is -2.46. The van der Waals surface area contributed by atoms with Gasteiger partial charge in [0.05, 0.1) is 9.77 Å². The highest BCUT2D eigenvalue weighted by Crippen LogP contribution is 2.47. The largest absolute Gasteiger partial charge is 0.490 e. The van der Waals surface area contributed by atoms with Gasteiger partial charge in [-0.3, -0.25) is 4.79 Å². The first kappa shape index (κ1) is 20.9. The normalized spacial score (nSPS) is 24.5. The Bertz CT molecular complexity index is 855. The van der Waals surface area contributed by atoms with Crippen LogP contribution in [0.25, 0.3) is 0 Å². The van der Waals surface area contributed by atoms with Crippen LogP contribution in [0.15, 0.2) is 29.2 Å². The molecule has 0 saturated carbocycles. The molecule has 2 fully saturated rings. The fraction of sp³-hybridized carbons (Fsp3) is 0.556. The second-order valence-corrected chi connectivity index (χ2v) is 10.7. The predicted molar refractivity (Wildman–Crippen MR) is 104 cm³/mol. The SMILES string of the molecule is CN(C)S(=O)(=O)c1ccc(OCCOC(=O)[C@@H]2CS[C@@]3(C)CCC(=O)N23)cc1. The standard InChI is InChI=1S/C18H24N2O6S2/c1-18-9-8-16(21)20(18)15(12-27-18)17(22)26-11-10-25-13-4-6-14(7-5-13)28(23,24)19(2)3/h4-7,15H,8-12H2,1-3H3/t15-,18-/m0/s1. The third-order valence-corrected chi connectivity index (χ3v) is 8.25. The van der Waals surface area contributed by atoms with Crippen LogP contribution in [0, 0.1) is 0 Å². The van der Waals surface area contributed by atoms with Gasteiger partial charge in [-0.1, -0.05) is 0 Å². The van der Waals surface area contributed by atoms with E-state index in [0.717, 1.165) is 10.7 Å². The second-order valence-electron chi connectivity index (χ2n) is 7.04. The van der Waals surface area contributed by atoms with E-state index >= 15 is 0 Å². The maximum Gasteiger partial charge on any atom is 0.329 e. The van der Waals surface area contributed by atoms with Crippen molar-refractivity contribution in [2.24, 2.45) is 0 Å². The Labute approximate surface area is 169 Å². The molecule has 10 heteroatoms. The van der Waals surface area contributed by atoms with Gasteiger partial charge in [-0.25, -0.2) is 17.5 Å². The van der Waals surface area contributed by atoms with Gasteiger partial charge in [0, 0.05) is 26.3 Å². The summed E-state index contributed by atoms with van der Waals surface area (Å²) in [6.45, 7) is 2.17. The number of nitrogens with zero attached hydrogens (tertiary/aromatic N) is 2. The molecule has 8 nitrogen and oxygen atoms in total. The highest BCUT2D eigenvalue weighted by atomic mass is 32.2. The van der Waals surface area contributed by atoms with Crippen molar-refractivity contribution in [3.05, 3.63) is 24.3 Å². The van der Waals surface area contributed by atoms with Gasteiger partial charge in [0.25, 0.3) is 0 Å². The fourth-order valence-corrected chi connectivity index (χ4v) is 5.63. The summed E-state index contributed by atoms with van der Waals surface area (Å²) in [6, 6.07) is 5.50. The summed E-state index contributed by atoms with van der Waals surface area (Å²) in [4.78, 5) is 25.9. The molecule has 154 valence electrons. The summed E-state index contributed by atoms with van der Waals surface area (Å²) < 4.78 is 36.0. The van der Waals surface area contributed by atoms with Crippen molar-refractivity contribution in [3.63, 3.8) is 0 Å². The summed E-state index contributed by atoms with van der Waals surface area (Å²) in [5.41, 5.74) is 0. The van der Waals surface area contributed by atoms with E-state index in [4.69, 9.17) is 9.47 Å². The quantitative estimate of drug-likeness (QED) is 0.477. The van der Waals surface area contributed by atoms with E-state index in [1.165, 1.54) is 26.2 Å². The minimum atomic E-state index is -3.48. The lowest BCUT2D eigenvalue weighted by molar-refractivity contribution is -0.154. The average Bonchev–Trinajstić information content (AvgIpc) is 3.15. The van der Waals surface area contributed by atoms with E-state index in [0.29, 0.717) is 17.9 Å². The van der Waals surface area contributed by atoms with Crippen molar-refractivity contribution in [1.82, 2.24) is 9.21 Å². The van der Waals surface area contributed by atoms with E-state index in [2.05, 4.69) is 0 Å². The van der Waals surface area contributed by atoms with Crippen molar-refractivity contribution < 1.29 is 27.5 Å². The van der Waals surface area contributed by atoms with Crippen LogP contribution in [0.3, 0.4) is 0 Å². The van der Waals surface area contributed by atoms with Crippen LogP contribution < -0.4 is 4.74 Å². The lowest BCUT2D eigenvalue weighted by Gasteiger charge is -2.29. The number of hydrogen-bond acceptors (Lipinski definition) is 7. The molecule has 1 amide bonds. The van der Waals surface area contributed by atoms with E-state index in [1.54, 1.807) is 28.8 Å². The molecule has 1 aromatic carbocycles. The Balaban J connectivity index is 1.47. The minimum absolute atomic E-state index is 0.00142. The van der Waals surface area contributed by atoms with Crippen molar-refractivity contribution in [2.75, 3.05) is 33.1 Å². The smallest absolute Gasteiger partial charge is 0.329 e. The molecule has 1 aromatic rings. The number of esters is 1. The second kappa shape index (κ2) is 7.92. The van der Waals surface area contributed by atoms with Gasteiger partial charge in [0.2, 0.25) is 15.9 Å². The van der Waals surface area contributed by atoms with Crippen LogP contribution >= 0.6 is 11.8 Å². The van der Waals surface area contributed by atoms with Crippen LogP contribution in [-0.2, 0) is 24.3 Å². The van der Waals surface area contributed by atoms with Crippen LogP contribution in [-0.4, -0.2) is 73.5 Å². The molecule has 0 aromatic heterocycles. The molecule has 0 N–H and O–H groups in total. The third kappa shape index (κ3) is 3.99. The summed E-state index contributed by atoms with van der Waals surface area (Å²) in [7, 11) is -0.547. The van der Waals surface area contributed by atoms with Gasteiger partial charge in [-0.15, -0.1) is 11.8 Å². The maximum absolute atomic E-state index is 12.3. The highest BCUT2D eigenvalue weighted by Gasteiger charge is 2.53. The zero-order valence-corrected chi connectivity index (χ0v) is 17.7. The first-order chi connectivity index (χ1) is 13.1. The predicted octanol–water partition coefficient (Wildman–Crippen LogP) is 1.31. The fourth-order valence-electron chi connectivity index (χ4n) is 3.31. The maximum atomic E-state index is 12.3. The molecule has 2 aliphatic heterocycles. The van der Waals surface area contributed by atoms with E-state index in [1.807, 2.05) is 6.92 Å². The number of hydrogen-bond donors (Lipinski definition) is 0. The number of benzene rings is 1. The summed E-state index contributed by atoms with van der Waals surface area (Å²) in [5.74, 6) is 0.609. The first-order valence-electron chi connectivity index (χ1n) is 8.93. The van der Waals surface area contributed by atoms with Crippen molar-refractivity contribution in [1.29, 1.82) is 0 Å². The number of thioether (sulfide) groups is 1. The summed E-state index contributed by atoms with van der Waals surface area (Å²) in [5, 5.41) is 0. The zero-order valence-electron chi connectivity index (χ0n) is 16.1. The van der Waals surface area contributed by atoms with Gasteiger partial charge < -0.3 is 14.4 Å². The van der Waals surface area contributed by atoms with Crippen molar-refractivity contribution >= 4 is 33.7 Å². The van der Waals surface area contributed by atoms with E-state index in [9.17, 15) is 18.0 Å². The molecular formula is C18H24N2O6S2. The number of carbonyl (C=O) groups is 2. The monoisotopic (exact) mass is 428 g/mol. The molecule has 28 heavy (non-hydrogen) atoms. The molecule has 2 atom stereocenters. The van der Waals surface area contributed by atoms with E-state index < -0.39 is 22.0 Å². The molecule has 0 unspecified atom stereocenters. The molecule has 0 aliphatic carbocycles. The Kier molecular flexibility index (Phi) is 5.92. The zero-order chi connectivity index (χ0) is 20.5.